The van der Waals surface area contributed by atoms with Gasteiger partial charge in [-0.05, 0) is 19.4 Å². The van der Waals surface area contributed by atoms with E-state index in [4.69, 9.17) is 5.11 Å². The molecule has 0 radical (unpaired) electrons. The van der Waals surface area contributed by atoms with E-state index in [1.165, 1.54) is 11.5 Å². The van der Waals surface area contributed by atoms with Crippen LogP contribution >= 0.6 is 23.5 Å². The maximum absolute atomic E-state index is 11.9. The molecule has 22 heavy (non-hydrogen) atoms. The number of urea groups is 1. The number of carboxylic acids is 1. The van der Waals surface area contributed by atoms with E-state index in [9.17, 15) is 9.59 Å². The van der Waals surface area contributed by atoms with Gasteiger partial charge in [-0.3, -0.25) is 9.69 Å². The summed E-state index contributed by atoms with van der Waals surface area (Å²) >= 11 is 3.88. The first kappa shape index (κ1) is 17.7. The highest BCUT2D eigenvalue weighted by Gasteiger charge is 2.34. The highest BCUT2D eigenvalue weighted by molar-refractivity contribution is 8.06. The van der Waals surface area contributed by atoms with Crippen LogP contribution in [0.4, 0.5) is 4.79 Å². The van der Waals surface area contributed by atoms with Crippen LogP contribution in [0.1, 0.15) is 19.8 Å². The summed E-state index contributed by atoms with van der Waals surface area (Å²) in [5.41, 5.74) is 0. The van der Waals surface area contributed by atoms with E-state index in [1.807, 2.05) is 35.3 Å². The van der Waals surface area contributed by atoms with E-state index < -0.39 is 5.97 Å². The molecule has 1 aliphatic carbocycles. The molecule has 1 heterocycles. The topological polar surface area (TPSA) is 81.7 Å². The molecule has 2 fully saturated rings. The molecular weight excluding hydrogens is 322 g/mol. The lowest BCUT2D eigenvalue weighted by molar-refractivity contribution is -0.139. The summed E-state index contributed by atoms with van der Waals surface area (Å²) in [7, 11) is 0. The Kier molecular flexibility index (Phi) is 7.17. The van der Waals surface area contributed by atoms with Gasteiger partial charge in [0.1, 0.15) is 0 Å². The van der Waals surface area contributed by atoms with Gasteiger partial charge in [-0.25, -0.2) is 4.79 Å². The fraction of sp³-hybridized carbons (Fsp3) is 0.857. The molecule has 1 saturated carbocycles. The molecule has 0 bridgehead atoms. The van der Waals surface area contributed by atoms with Gasteiger partial charge in [0.25, 0.3) is 0 Å². The summed E-state index contributed by atoms with van der Waals surface area (Å²) < 4.78 is 0. The Bertz CT molecular complexity index is 386. The van der Waals surface area contributed by atoms with Crippen LogP contribution in [0, 0.1) is 0 Å². The van der Waals surface area contributed by atoms with Crippen molar-refractivity contribution in [2.24, 2.45) is 0 Å². The molecular formula is C14H25N3O3S2. The third kappa shape index (κ3) is 5.55. The van der Waals surface area contributed by atoms with E-state index in [2.05, 4.69) is 10.6 Å². The molecule has 0 aromatic carbocycles. The van der Waals surface area contributed by atoms with E-state index in [0.29, 0.717) is 5.25 Å². The van der Waals surface area contributed by atoms with Gasteiger partial charge in [-0.2, -0.15) is 23.5 Å². The van der Waals surface area contributed by atoms with Crippen molar-refractivity contribution in [1.29, 1.82) is 0 Å². The number of likely N-dealkylation sites (N-methyl/N-ethyl adjacent to an activating group) is 1. The van der Waals surface area contributed by atoms with Gasteiger partial charge in [-0.15, -0.1) is 0 Å². The van der Waals surface area contributed by atoms with Crippen molar-refractivity contribution in [3.63, 3.8) is 0 Å². The van der Waals surface area contributed by atoms with E-state index in [1.54, 1.807) is 0 Å². The Morgan fingerprint density at radius 2 is 2.09 bits per heavy atom. The average Bonchev–Trinajstić information content (AvgIpc) is 2.47. The van der Waals surface area contributed by atoms with Gasteiger partial charge in [0.05, 0.1) is 6.54 Å². The SMILES string of the molecule is CCN(CC(=O)O)C1CC(NC(=O)NCC2CSCCS2)C1. The van der Waals surface area contributed by atoms with Gasteiger partial charge in [0, 0.05) is 41.1 Å². The fourth-order valence-electron chi connectivity index (χ4n) is 2.77. The van der Waals surface area contributed by atoms with Crippen molar-refractivity contribution in [2.45, 2.75) is 37.1 Å². The Hall–Kier alpha value is -0.600. The molecule has 126 valence electrons. The van der Waals surface area contributed by atoms with Crippen LogP contribution < -0.4 is 10.6 Å². The second-order valence-electron chi connectivity index (χ2n) is 5.70. The van der Waals surface area contributed by atoms with Crippen molar-refractivity contribution in [2.75, 3.05) is 36.9 Å². The van der Waals surface area contributed by atoms with Crippen molar-refractivity contribution in [3.8, 4) is 0 Å². The minimum absolute atomic E-state index is 0.0800. The first-order chi connectivity index (χ1) is 10.6. The van der Waals surface area contributed by atoms with Crippen LogP contribution in [-0.2, 0) is 4.79 Å². The minimum Gasteiger partial charge on any atom is -0.480 e. The zero-order valence-corrected chi connectivity index (χ0v) is 14.5. The molecule has 0 aromatic heterocycles. The standard InChI is InChI=1S/C14H25N3O3S2/c1-2-17(8-13(18)19)11-5-10(6-11)16-14(20)15-7-12-9-21-3-4-22-12/h10-12H,2-9H2,1H3,(H,18,19)(H2,15,16,20). The lowest BCUT2D eigenvalue weighted by Gasteiger charge is -2.42. The van der Waals surface area contributed by atoms with Crippen LogP contribution in [0.2, 0.25) is 0 Å². The second-order valence-corrected chi connectivity index (χ2v) is 8.26. The van der Waals surface area contributed by atoms with Crippen molar-refractivity contribution in [1.82, 2.24) is 15.5 Å². The number of hydrogen-bond acceptors (Lipinski definition) is 5. The number of carbonyl (C=O) groups is 2. The molecule has 1 saturated heterocycles. The number of rotatable bonds is 7. The normalized spacial score (nSPS) is 28.0. The quantitative estimate of drug-likeness (QED) is 0.639. The number of carboxylic acid groups (broad SMARTS) is 1. The third-order valence-electron chi connectivity index (χ3n) is 4.08. The molecule has 8 heteroatoms. The summed E-state index contributed by atoms with van der Waals surface area (Å²) in [5, 5.41) is 15.3. The van der Waals surface area contributed by atoms with Gasteiger partial charge >= 0.3 is 12.0 Å². The van der Waals surface area contributed by atoms with Crippen LogP contribution in [0.15, 0.2) is 0 Å². The van der Waals surface area contributed by atoms with E-state index >= 15 is 0 Å². The first-order valence-electron chi connectivity index (χ1n) is 7.78. The summed E-state index contributed by atoms with van der Waals surface area (Å²) in [4.78, 5) is 24.6. The smallest absolute Gasteiger partial charge is 0.317 e. The Morgan fingerprint density at radius 3 is 2.68 bits per heavy atom. The van der Waals surface area contributed by atoms with Gasteiger partial charge in [-0.1, -0.05) is 6.92 Å². The van der Waals surface area contributed by atoms with Crippen molar-refractivity contribution >= 4 is 35.5 Å². The predicted molar refractivity (Wildman–Crippen MR) is 91.8 cm³/mol. The number of carbonyl (C=O) groups excluding carboxylic acids is 1. The van der Waals surface area contributed by atoms with Crippen LogP contribution in [0.3, 0.4) is 0 Å². The molecule has 0 aromatic rings. The Balaban J connectivity index is 1.60. The molecule has 1 atom stereocenters. The van der Waals surface area contributed by atoms with E-state index in [-0.39, 0.29) is 24.7 Å². The van der Waals surface area contributed by atoms with Crippen LogP contribution in [-0.4, -0.2) is 76.2 Å². The fourth-order valence-corrected chi connectivity index (χ4v) is 5.39. The third-order valence-corrected chi connectivity index (χ3v) is 6.93. The average molecular weight is 348 g/mol. The largest absolute Gasteiger partial charge is 0.480 e. The van der Waals surface area contributed by atoms with Crippen molar-refractivity contribution < 1.29 is 14.7 Å². The molecule has 3 N–H and O–H groups in total. The molecule has 2 aliphatic rings. The van der Waals surface area contributed by atoms with Gasteiger partial charge < -0.3 is 15.7 Å². The second kappa shape index (κ2) is 8.88. The molecule has 2 rings (SSSR count). The summed E-state index contributed by atoms with van der Waals surface area (Å²) in [6.07, 6.45) is 1.67. The summed E-state index contributed by atoms with van der Waals surface area (Å²) in [5.74, 6) is 2.69. The molecule has 1 unspecified atom stereocenters. The summed E-state index contributed by atoms with van der Waals surface area (Å²) in [6.45, 7) is 3.50. The number of nitrogens with zero attached hydrogens (tertiary/aromatic N) is 1. The number of nitrogens with one attached hydrogen (secondary N) is 2. The maximum atomic E-state index is 11.9. The molecule has 6 nitrogen and oxygen atoms in total. The lowest BCUT2D eigenvalue weighted by Crippen LogP contribution is -2.56. The molecule has 2 amide bonds. The number of aliphatic carboxylic acids is 1. The summed E-state index contributed by atoms with van der Waals surface area (Å²) in [6, 6.07) is 0.346. The zero-order valence-electron chi connectivity index (χ0n) is 12.9. The number of thioether (sulfide) groups is 2. The maximum Gasteiger partial charge on any atom is 0.317 e. The van der Waals surface area contributed by atoms with E-state index in [0.717, 1.165) is 31.7 Å². The van der Waals surface area contributed by atoms with Crippen molar-refractivity contribution in [3.05, 3.63) is 0 Å². The highest BCUT2D eigenvalue weighted by Crippen LogP contribution is 2.26. The van der Waals surface area contributed by atoms with Gasteiger partial charge in [0.15, 0.2) is 0 Å². The molecule has 0 spiro atoms. The van der Waals surface area contributed by atoms with Crippen LogP contribution in [0.5, 0.6) is 0 Å². The van der Waals surface area contributed by atoms with Crippen LogP contribution in [0.25, 0.3) is 0 Å². The zero-order chi connectivity index (χ0) is 15.9. The molecule has 1 aliphatic heterocycles. The number of hydrogen-bond donors (Lipinski definition) is 3. The Morgan fingerprint density at radius 1 is 1.32 bits per heavy atom. The monoisotopic (exact) mass is 347 g/mol. The Labute approximate surface area is 140 Å². The highest BCUT2D eigenvalue weighted by atomic mass is 32.2. The first-order valence-corrected chi connectivity index (χ1v) is 9.98. The minimum atomic E-state index is -0.793. The number of amides is 2. The predicted octanol–water partition coefficient (Wildman–Crippen LogP) is 1.07. The van der Waals surface area contributed by atoms with Gasteiger partial charge in [0.2, 0.25) is 0 Å². The lowest BCUT2D eigenvalue weighted by atomic mass is 9.85.